The average molecular weight is 412 g/mol. The van der Waals surface area contributed by atoms with Gasteiger partial charge in [0.1, 0.15) is 5.54 Å². The van der Waals surface area contributed by atoms with Crippen LogP contribution in [0.1, 0.15) is 57.4 Å². The first-order valence-electron chi connectivity index (χ1n) is 11.2. The van der Waals surface area contributed by atoms with Gasteiger partial charge in [0, 0.05) is 25.4 Å². The number of hydrogen-bond donors (Lipinski definition) is 1. The monoisotopic (exact) mass is 411 g/mol. The number of ether oxygens (including phenoxy) is 1. The second kappa shape index (κ2) is 10.6. The largest absolute Gasteiger partial charge is 0.378 e. The van der Waals surface area contributed by atoms with Crippen LogP contribution in [-0.4, -0.2) is 43.0 Å². The number of amides is 2. The van der Waals surface area contributed by atoms with Crippen LogP contribution >= 0.6 is 0 Å². The van der Waals surface area contributed by atoms with Gasteiger partial charge in [-0.15, -0.1) is 0 Å². The summed E-state index contributed by atoms with van der Waals surface area (Å²) < 4.78 is 5.34. The Labute approximate surface area is 179 Å². The van der Waals surface area contributed by atoms with Crippen molar-refractivity contribution in [3.8, 4) is 6.07 Å². The van der Waals surface area contributed by atoms with Crippen LogP contribution in [0, 0.1) is 23.2 Å². The zero-order valence-electron chi connectivity index (χ0n) is 17.9. The number of carbonyl (C=O) groups excluding carboxylic acids is 2. The van der Waals surface area contributed by atoms with Gasteiger partial charge in [-0.05, 0) is 24.8 Å². The van der Waals surface area contributed by atoms with E-state index in [1.165, 1.54) is 19.3 Å². The zero-order valence-corrected chi connectivity index (χ0v) is 17.9. The molecular weight excluding hydrogens is 378 g/mol. The van der Waals surface area contributed by atoms with Crippen molar-refractivity contribution in [2.24, 2.45) is 11.8 Å². The van der Waals surface area contributed by atoms with Crippen LogP contribution in [0.15, 0.2) is 30.3 Å². The molecule has 1 heterocycles. The molecule has 1 saturated heterocycles. The van der Waals surface area contributed by atoms with Gasteiger partial charge in [-0.1, -0.05) is 62.4 Å². The summed E-state index contributed by atoms with van der Waals surface area (Å²) in [6, 6.07) is 11.6. The predicted octanol–water partition coefficient (Wildman–Crippen LogP) is 3.38. The number of benzene rings is 1. The highest BCUT2D eigenvalue weighted by Gasteiger charge is 2.34. The molecule has 1 aromatic carbocycles. The molecule has 1 aromatic rings. The van der Waals surface area contributed by atoms with E-state index in [0.29, 0.717) is 38.6 Å². The van der Waals surface area contributed by atoms with Gasteiger partial charge < -0.3 is 15.0 Å². The Kier molecular flexibility index (Phi) is 7.87. The second-order valence-corrected chi connectivity index (χ2v) is 8.73. The first-order valence-corrected chi connectivity index (χ1v) is 11.2. The van der Waals surface area contributed by atoms with Gasteiger partial charge >= 0.3 is 0 Å². The van der Waals surface area contributed by atoms with E-state index in [0.717, 1.165) is 18.4 Å². The molecule has 0 aromatic heterocycles. The third-order valence-corrected chi connectivity index (χ3v) is 6.45. The molecular formula is C24H33N3O3. The Morgan fingerprint density at radius 3 is 2.50 bits per heavy atom. The average Bonchev–Trinajstić information content (AvgIpc) is 2.80. The number of nitrogens with zero attached hydrogens (tertiary/aromatic N) is 2. The highest BCUT2D eigenvalue weighted by molar-refractivity contribution is 5.86. The van der Waals surface area contributed by atoms with E-state index >= 15 is 0 Å². The lowest BCUT2D eigenvalue weighted by atomic mass is 9.81. The number of nitriles is 1. The summed E-state index contributed by atoms with van der Waals surface area (Å²) in [7, 11) is 0. The molecule has 2 amide bonds. The quantitative estimate of drug-likeness (QED) is 0.746. The van der Waals surface area contributed by atoms with Gasteiger partial charge in [0.05, 0.1) is 19.3 Å². The van der Waals surface area contributed by atoms with E-state index in [9.17, 15) is 14.9 Å². The maximum atomic E-state index is 13.3. The van der Waals surface area contributed by atoms with Gasteiger partial charge in [0.15, 0.2) is 0 Å². The van der Waals surface area contributed by atoms with Crippen LogP contribution in [0.5, 0.6) is 0 Å². The summed E-state index contributed by atoms with van der Waals surface area (Å²) in [6.45, 7) is 3.98. The smallest absolute Gasteiger partial charge is 0.225 e. The van der Waals surface area contributed by atoms with Crippen molar-refractivity contribution in [1.29, 1.82) is 5.26 Å². The van der Waals surface area contributed by atoms with E-state index in [1.807, 2.05) is 30.3 Å². The van der Waals surface area contributed by atoms with E-state index in [4.69, 9.17) is 4.74 Å². The van der Waals surface area contributed by atoms with E-state index < -0.39 is 11.5 Å². The minimum Gasteiger partial charge on any atom is -0.378 e. The molecule has 0 bridgehead atoms. The fraction of sp³-hybridized carbons (Fsp3) is 0.625. The maximum Gasteiger partial charge on any atom is 0.225 e. The molecule has 3 rings (SSSR count). The van der Waals surface area contributed by atoms with Gasteiger partial charge in [-0.2, -0.15) is 5.26 Å². The predicted molar refractivity (Wildman–Crippen MR) is 114 cm³/mol. The number of hydrogen-bond acceptors (Lipinski definition) is 4. The van der Waals surface area contributed by atoms with Crippen molar-refractivity contribution in [2.75, 3.05) is 26.3 Å². The summed E-state index contributed by atoms with van der Waals surface area (Å²) in [4.78, 5) is 28.0. The topological polar surface area (TPSA) is 82.4 Å². The van der Waals surface area contributed by atoms with E-state index in [-0.39, 0.29) is 18.2 Å². The standard InChI is InChI=1S/C24H33N3O3/c1-24(18-25,21-10-6-3-7-11-21)26-23(29)20(16-19-8-4-2-5-9-19)17-22(28)27-12-14-30-15-13-27/h3,6-7,10-11,19-20H,2,4-5,8-9,12-17H2,1H3,(H,26,29)/t20-,24?/m1/s1. The first kappa shape index (κ1) is 22.3. The Balaban J connectivity index is 1.72. The molecule has 1 aliphatic heterocycles. The van der Waals surface area contributed by atoms with Crippen molar-refractivity contribution in [1.82, 2.24) is 10.2 Å². The van der Waals surface area contributed by atoms with Crippen LogP contribution in [0.25, 0.3) is 0 Å². The molecule has 1 aliphatic carbocycles. The van der Waals surface area contributed by atoms with Crippen molar-refractivity contribution in [3.05, 3.63) is 35.9 Å². The SMILES string of the molecule is CC(C#N)(NC(=O)[C@@H](CC(=O)N1CCOCC1)CC1CCCCC1)c1ccccc1. The molecule has 0 spiro atoms. The van der Waals surface area contributed by atoms with Crippen LogP contribution in [0.4, 0.5) is 0 Å². The minimum atomic E-state index is -1.12. The third kappa shape index (κ3) is 5.82. The number of rotatable bonds is 7. The Hall–Kier alpha value is -2.39. The first-order chi connectivity index (χ1) is 14.5. The summed E-state index contributed by atoms with van der Waals surface area (Å²) in [5.41, 5.74) is -0.373. The molecule has 2 aliphatic rings. The van der Waals surface area contributed by atoms with Gasteiger partial charge in [0.25, 0.3) is 0 Å². The van der Waals surface area contributed by atoms with Crippen LogP contribution < -0.4 is 5.32 Å². The van der Waals surface area contributed by atoms with Crippen molar-refractivity contribution < 1.29 is 14.3 Å². The molecule has 1 saturated carbocycles. The Morgan fingerprint density at radius 1 is 1.20 bits per heavy atom. The Morgan fingerprint density at radius 2 is 1.87 bits per heavy atom. The Bertz CT molecular complexity index is 749. The van der Waals surface area contributed by atoms with Crippen molar-refractivity contribution in [3.63, 3.8) is 0 Å². The normalized spacial score (nSPS) is 20.6. The van der Waals surface area contributed by atoms with Gasteiger partial charge in [-0.3, -0.25) is 9.59 Å². The molecule has 0 radical (unpaired) electrons. The van der Waals surface area contributed by atoms with Gasteiger partial charge in [-0.25, -0.2) is 0 Å². The molecule has 1 N–H and O–H groups in total. The lowest BCUT2D eigenvalue weighted by Gasteiger charge is -2.32. The molecule has 1 unspecified atom stereocenters. The van der Waals surface area contributed by atoms with Crippen LogP contribution in [0.2, 0.25) is 0 Å². The number of morpholine rings is 1. The van der Waals surface area contributed by atoms with E-state index in [1.54, 1.807) is 11.8 Å². The van der Waals surface area contributed by atoms with Crippen LogP contribution in [-0.2, 0) is 19.9 Å². The zero-order chi connectivity index (χ0) is 21.4. The van der Waals surface area contributed by atoms with Gasteiger partial charge in [0.2, 0.25) is 11.8 Å². The highest BCUT2D eigenvalue weighted by atomic mass is 16.5. The minimum absolute atomic E-state index is 0.00707. The fourth-order valence-corrected chi connectivity index (χ4v) is 4.55. The van der Waals surface area contributed by atoms with Crippen molar-refractivity contribution in [2.45, 2.75) is 57.4 Å². The molecule has 6 nitrogen and oxygen atoms in total. The summed E-state index contributed by atoms with van der Waals surface area (Å²) in [5.74, 6) is -0.139. The van der Waals surface area contributed by atoms with Crippen molar-refractivity contribution >= 4 is 11.8 Å². The number of nitrogens with one attached hydrogen (secondary N) is 1. The fourth-order valence-electron chi connectivity index (χ4n) is 4.55. The summed E-state index contributed by atoms with van der Waals surface area (Å²) in [6.07, 6.45) is 6.76. The van der Waals surface area contributed by atoms with E-state index in [2.05, 4.69) is 11.4 Å². The molecule has 30 heavy (non-hydrogen) atoms. The molecule has 2 fully saturated rings. The lowest BCUT2D eigenvalue weighted by Crippen LogP contribution is -2.47. The summed E-state index contributed by atoms with van der Waals surface area (Å²) in [5, 5.41) is 12.8. The molecule has 162 valence electrons. The summed E-state index contributed by atoms with van der Waals surface area (Å²) >= 11 is 0. The molecule has 2 atom stereocenters. The lowest BCUT2D eigenvalue weighted by molar-refractivity contribution is -0.140. The van der Waals surface area contributed by atoms with Crippen LogP contribution in [0.3, 0.4) is 0 Å². The highest BCUT2D eigenvalue weighted by Crippen LogP contribution is 2.31. The number of carbonyl (C=O) groups is 2. The second-order valence-electron chi connectivity index (χ2n) is 8.73. The third-order valence-electron chi connectivity index (χ3n) is 6.45. The molecule has 6 heteroatoms. The maximum absolute atomic E-state index is 13.3.